The fourth-order valence-electron chi connectivity index (χ4n) is 0.758. The molecular formula is C6H12Cl2N4O2. The second-order valence-corrected chi connectivity index (χ2v) is 2.25. The molecule has 1 rings (SSSR count). The van der Waals surface area contributed by atoms with Crippen LogP contribution in [0.3, 0.4) is 0 Å². The molecule has 0 saturated heterocycles. The van der Waals surface area contributed by atoms with Crippen LogP contribution in [-0.4, -0.2) is 34.1 Å². The van der Waals surface area contributed by atoms with Gasteiger partial charge < -0.3 is 10.5 Å². The molecular weight excluding hydrogens is 231 g/mol. The summed E-state index contributed by atoms with van der Waals surface area (Å²) in [6, 6.07) is -0.684. The van der Waals surface area contributed by atoms with Gasteiger partial charge in [-0.3, -0.25) is 9.48 Å². The number of carbonyl (C=O) groups is 1. The molecule has 1 aromatic rings. The Balaban J connectivity index is 0. The normalized spacial score (nSPS) is 10.7. The van der Waals surface area contributed by atoms with E-state index >= 15 is 0 Å². The van der Waals surface area contributed by atoms with Crippen LogP contribution < -0.4 is 5.73 Å². The lowest BCUT2D eigenvalue weighted by Crippen LogP contribution is -2.35. The highest BCUT2D eigenvalue weighted by Crippen LogP contribution is 1.88. The Labute approximate surface area is 93.6 Å². The summed E-state index contributed by atoms with van der Waals surface area (Å²) in [5, 5.41) is 7.22. The highest BCUT2D eigenvalue weighted by molar-refractivity contribution is 5.85. The highest BCUT2D eigenvalue weighted by atomic mass is 35.5. The van der Waals surface area contributed by atoms with Crippen LogP contribution in [0.5, 0.6) is 0 Å². The van der Waals surface area contributed by atoms with Crippen LogP contribution in [0, 0.1) is 0 Å². The highest BCUT2D eigenvalue weighted by Gasteiger charge is 2.13. The van der Waals surface area contributed by atoms with Gasteiger partial charge in [-0.1, -0.05) is 5.21 Å². The lowest BCUT2D eigenvalue weighted by Gasteiger charge is -2.07. The average molecular weight is 243 g/mol. The van der Waals surface area contributed by atoms with Crippen LogP contribution in [0.25, 0.3) is 0 Å². The largest absolute Gasteiger partial charge is 0.468 e. The lowest BCUT2D eigenvalue weighted by molar-refractivity contribution is -0.142. The third kappa shape index (κ3) is 4.40. The molecule has 1 atom stereocenters. The second-order valence-electron chi connectivity index (χ2n) is 2.25. The van der Waals surface area contributed by atoms with Crippen molar-refractivity contribution in [1.82, 2.24) is 15.0 Å². The molecule has 0 aliphatic heterocycles. The van der Waals surface area contributed by atoms with Gasteiger partial charge in [-0.2, -0.15) is 0 Å². The molecule has 6 nitrogen and oxygen atoms in total. The van der Waals surface area contributed by atoms with Crippen molar-refractivity contribution in [2.24, 2.45) is 5.73 Å². The van der Waals surface area contributed by atoms with Crippen molar-refractivity contribution in [2.75, 3.05) is 7.11 Å². The van der Waals surface area contributed by atoms with E-state index in [1.807, 2.05) is 0 Å². The van der Waals surface area contributed by atoms with E-state index in [1.165, 1.54) is 18.0 Å². The van der Waals surface area contributed by atoms with Crippen LogP contribution in [-0.2, 0) is 16.1 Å². The summed E-state index contributed by atoms with van der Waals surface area (Å²) in [4.78, 5) is 10.8. The number of carbonyl (C=O) groups excluding carboxylic acids is 1. The minimum Gasteiger partial charge on any atom is -0.468 e. The molecule has 8 heteroatoms. The van der Waals surface area contributed by atoms with Crippen molar-refractivity contribution >= 4 is 30.8 Å². The first kappa shape index (κ1) is 15.6. The summed E-state index contributed by atoms with van der Waals surface area (Å²) < 4.78 is 5.91. The van der Waals surface area contributed by atoms with E-state index in [1.54, 1.807) is 6.20 Å². The van der Waals surface area contributed by atoms with Gasteiger partial charge in [-0.25, -0.2) is 0 Å². The third-order valence-corrected chi connectivity index (χ3v) is 1.36. The molecule has 0 aliphatic rings. The molecule has 1 heterocycles. The number of nitrogens with two attached hydrogens (primary N) is 1. The first-order valence-electron chi connectivity index (χ1n) is 3.41. The van der Waals surface area contributed by atoms with E-state index in [2.05, 4.69) is 15.0 Å². The smallest absolute Gasteiger partial charge is 0.324 e. The van der Waals surface area contributed by atoms with E-state index in [0.29, 0.717) is 0 Å². The maximum atomic E-state index is 10.8. The van der Waals surface area contributed by atoms with Gasteiger partial charge in [0.25, 0.3) is 0 Å². The Morgan fingerprint density at radius 1 is 1.64 bits per heavy atom. The number of rotatable bonds is 3. The zero-order chi connectivity index (χ0) is 8.97. The van der Waals surface area contributed by atoms with Crippen LogP contribution in [0.4, 0.5) is 0 Å². The van der Waals surface area contributed by atoms with Gasteiger partial charge in [-0.15, -0.1) is 29.9 Å². The summed E-state index contributed by atoms with van der Waals surface area (Å²) in [5.41, 5.74) is 5.46. The van der Waals surface area contributed by atoms with Gasteiger partial charge in [0.15, 0.2) is 0 Å². The fourth-order valence-corrected chi connectivity index (χ4v) is 0.758. The standard InChI is InChI=1S/C6H10N4O2.2ClH/c1-12-6(11)5(7)4-10-3-2-8-9-10;;/h2-3,5H,4,7H2,1H3;2*1H/t5-;;/m0../s1. The van der Waals surface area contributed by atoms with Gasteiger partial charge >= 0.3 is 5.97 Å². The van der Waals surface area contributed by atoms with Crippen LogP contribution in [0.1, 0.15) is 0 Å². The molecule has 1 aromatic heterocycles. The molecule has 2 N–H and O–H groups in total. The maximum Gasteiger partial charge on any atom is 0.324 e. The minimum atomic E-state index is -0.684. The van der Waals surface area contributed by atoms with E-state index in [0.717, 1.165) is 0 Å². The molecule has 0 radical (unpaired) electrons. The maximum absolute atomic E-state index is 10.8. The van der Waals surface area contributed by atoms with Crippen LogP contribution in [0.2, 0.25) is 0 Å². The van der Waals surface area contributed by atoms with Gasteiger partial charge in [0.2, 0.25) is 0 Å². The Morgan fingerprint density at radius 2 is 2.29 bits per heavy atom. The SMILES string of the molecule is COC(=O)[C@@H](N)Cn1ccnn1.Cl.Cl. The summed E-state index contributed by atoms with van der Waals surface area (Å²) in [7, 11) is 1.30. The molecule has 0 unspecified atom stereocenters. The molecule has 0 saturated carbocycles. The quantitative estimate of drug-likeness (QED) is 0.732. The Kier molecular flexibility index (Phi) is 8.41. The number of hydrogen-bond donors (Lipinski definition) is 1. The zero-order valence-electron chi connectivity index (χ0n) is 7.49. The average Bonchev–Trinajstić information content (AvgIpc) is 2.55. The van der Waals surface area contributed by atoms with Crippen LogP contribution >= 0.6 is 24.8 Å². The van der Waals surface area contributed by atoms with Crippen molar-refractivity contribution in [3.63, 3.8) is 0 Å². The van der Waals surface area contributed by atoms with E-state index < -0.39 is 12.0 Å². The van der Waals surface area contributed by atoms with Gasteiger partial charge in [0.05, 0.1) is 19.9 Å². The van der Waals surface area contributed by atoms with E-state index in [-0.39, 0.29) is 31.4 Å². The van der Waals surface area contributed by atoms with Gasteiger partial charge in [0.1, 0.15) is 6.04 Å². The molecule has 0 fully saturated rings. The topological polar surface area (TPSA) is 83.0 Å². The van der Waals surface area contributed by atoms with Crippen molar-refractivity contribution in [2.45, 2.75) is 12.6 Å². The monoisotopic (exact) mass is 242 g/mol. The van der Waals surface area contributed by atoms with Crippen molar-refractivity contribution in [3.05, 3.63) is 12.4 Å². The Morgan fingerprint density at radius 3 is 2.71 bits per heavy atom. The second kappa shape index (κ2) is 7.54. The van der Waals surface area contributed by atoms with Gasteiger partial charge in [0, 0.05) is 6.20 Å². The molecule has 0 amide bonds. The predicted molar refractivity (Wildman–Crippen MR) is 54.5 cm³/mol. The number of nitrogens with zero attached hydrogens (tertiary/aromatic N) is 3. The van der Waals surface area contributed by atoms with Crippen molar-refractivity contribution < 1.29 is 9.53 Å². The number of methoxy groups -OCH3 is 1. The Bertz CT molecular complexity index is 254. The molecule has 0 aromatic carbocycles. The van der Waals surface area contributed by atoms with Crippen molar-refractivity contribution in [3.8, 4) is 0 Å². The van der Waals surface area contributed by atoms with Gasteiger partial charge in [-0.05, 0) is 0 Å². The number of aromatic nitrogens is 3. The predicted octanol–water partition coefficient (Wildman–Crippen LogP) is -0.378. The molecule has 0 aliphatic carbocycles. The van der Waals surface area contributed by atoms with E-state index in [4.69, 9.17) is 5.73 Å². The fraction of sp³-hybridized carbons (Fsp3) is 0.500. The molecule has 14 heavy (non-hydrogen) atoms. The van der Waals surface area contributed by atoms with Crippen LogP contribution in [0.15, 0.2) is 12.4 Å². The zero-order valence-corrected chi connectivity index (χ0v) is 9.12. The summed E-state index contributed by atoms with van der Waals surface area (Å²) in [5.74, 6) is -0.453. The van der Waals surface area contributed by atoms with E-state index in [9.17, 15) is 4.79 Å². The molecule has 0 bridgehead atoms. The summed E-state index contributed by atoms with van der Waals surface area (Å²) >= 11 is 0. The number of ether oxygens (including phenoxy) is 1. The number of esters is 1. The first-order chi connectivity index (χ1) is 5.74. The minimum absolute atomic E-state index is 0. The number of halogens is 2. The summed E-state index contributed by atoms with van der Waals surface area (Å²) in [6.07, 6.45) is 3.15. The number of hydrogen-bond acceptors (Lipinski definition) is 5. The van der Waals surface area contributed by atoms with Crippen molar-refractivity contribution in [1.29, 1.82) is 0 Å². The summed E-state index contributed by atoms with van der Waals surface area (Å²) in [6.45, 7) is 0.284. The third-order valence-electron chi connectivity index (χ3n) is 1.36. The lowest BCUT2D eigenvalue weighted by atomic mass is 10.3. The molecule has 82 valence electrons. The molecule has 0 spiro atoms. The first-order valence-corrected chi connectivity index (χ1v) is 3.41. The Hall–Kier alpha value is -0.850.